The molecular formula is C15H25N3O3. The van der Waals surface area contributed by atoms with Crippen molar-refractivity contribution in [2.24, 2.45) is 5.92 Å². The van der Waals surface area contributed by atoms with Gasteiger partial charge in [0.1, 0.15) is 17.7 Å². The molecule has 1 fully saturated rings. The Kier molecular flexibility index (Phi) is 5.59. The minimum absolute atomic E-state index is 0.0232. The van der Waals surface area contributed by atoms with Crippen LogP contribution in [0, 0.1) is 17.2 Å². The number of hydrogen-bond acceptors (Lipinski definition) is 4. The Morgan fingerprint density at radius 3 is 2.48 bits per heavy atom. The largest absolute Gasteiger partial charge is 0.444 e. The van der Waals surface area contributed by atoms with Crippen LogP contribution < -0.4 is 5.32 Å². The van der Waals surface area contributed by atoms with Crippen molar-refractivity contribution in [1.29, 1.82) is 5.26 Å². The van der Waals surface area contributed by atoms with E-state index >= 15 is 0 Å². The van der Waals surface area contributed by atoms with Crippen molar-refractivity contribution in [3.63, 3.8) is 0 Å². The molecule has 1 saturated heterocycles. The third kappa shape index (κ3) is 4.62. The average Bonchev–Trinajstić information content (AvgIpc) is 2.32. The van der Waals surface area contributed by atoms with Gasteiger partial charge in [0.2, 0.25) is 5.91 Å². The van der Waals surface area contributed by atoms with E-state index in [1.54, 1.807) is 20.8 Å². The maximum Gasteiger partial charge on any atom is 0.408 e. The number of alkyl carbamates (subject to hydrolysis) is 1. The van der Waals surface area contributed by atoms with Crippen molar-refractivity contribution >= 4 is 12.0 Å². The highest BCUT2D eigenvalue weighted by atomic mass is 16.6. The van der Waals surface area contributed by atoms with E-state index in [-0.39, 0.29) is 17.9 Å². The Hall–Kier alpha value is -1.77. The molecule has 118 valence electrons. The number of amides is 2. The molecule has 0 unspecified atom stereocenters. The molecule has 3 atom stereocenters. The van der Waals surface area contributed by atoms with Gasteiger partial charge >= 0.3 is 6.09 Å². The van der Waals surface area contributed by atoms with Crippen LogP contribution in [-0.2, 0) is 9.53 Å². The molecule has 21 heavy (non-hydrogen) atoms. The van der Waals surface area contributed by atoms with Gasteiger partial charge in [-0.05, 0) is 33.1 Å². The number of hydrogen-bond donors (Lipinski definition) is 1. The molecule has 1 rings (SSSR count). The van der Waals surface area contributed by atoms with Gasteiger partial charge in [-0.25, -0.2) is 4.79 Å². The molecule has 1 heterocycles. The molecule has 6 nitrogen and oxygen atoms in total. The van der Waals surface area contributed by atoms with Gasteiger partial charge in [0.15, 0.2) is 0 Å². The fourth-order valence-electron chi connectivity index (χ4n) is 2.08. The molecule has 0 bridgehead atoms. The van der Waals surface area contributed by atoms with E-state index in [0.29, 0.717) is 13.0 Å². The zero-order valence-electron chi connectivity index (χ0n) is 13.5. The lowest BCUT2D eigenvalue weighted by Crippen LogP contribution is -2.59. The summed E-state index contributed by atoms with van der Waals surface area (Å²) in [4.78, 5) is 25.9. The van der Waals surface area contributed by atoms with Crippen LogP contribution in [0.4, 0.5) is 4.79 Å². The highest BCUT2D eigenvalue weighted by Crippen LogP contribution is 2.21. The number of nitrogens with one attached hydrogen (secondary N) is 1. The predicted molar refractivity (Wildman–Crippen MR) is 78.3 cm³/mol. The van der Waals surface area contributed by atoms with E-state index in [4.69, 9.17) is 10.00 Å². The van der Waals surface area contributed by atoms with Crippen molar-refractivity contribution in [2.45, 2.75) is 65.1 Å². The molecule has 1 aliphatic rings. The number of rotatable bonds is 4. The molecular weight excluding hydrogens is 270 g/mol. The van der Waals surface area contributed by atoms with Gasteiger partial charge in [-0.2, -0.15) is 5.26 Å². The van der Waals surface area contributed by atoms with Crippen LogP contribution in [0.5, 0.6) is 0 Å². The first-order valence-corrected chi connectivity index (χ1v) is 7.39. The lowest BCUT2D eigenvalue weighted by Gasteiger charge is -2.40. The number of likely N-dealkylation sites (tertiary alicyclic amines) is 1. The van der Waals surface area contributed by atoms with E-state index in [2.05, 4.69) is 11.4 Å². The Morgan fingerprint density at radius 1 is 1.48 bits per heavy atom. The third-order valence-corrected chi connectivity index (χ3v) is 3.60. The normalized spacial score (nSPS) is 20.8. The number of carbonyl (C=O) groups is 2. The Bertz CT molecular complexity index is 436. The minimum Gasteiger partial charge on any atom is -0.444 e. The zero-order chi connectivity index (χ0) is 16.2. The summed E-state index contributed by atoms with van der Waals surface area (Å²) >= 11 is 0. The summed E-state index contributed by atoms with van der Waals surface area (Å²) < 4.78 is 5.21. The van der Waals surface area contributed by atoms with Crippen molar-refractivity contribution in [1.82, 2.24) is 10.2 Å². The Morgan fingerprint density at radius 2 is 2.10 bits per heavy atom. The van der Waals surface area contributed by atoms with Crippen LogP contribution in [0.2, 0.25) is 0 Å². The third-order valence-electron chi connectivity index (χ3n) is 3.60. The maximum absolute atomic E-state index is 12.5. The monoisotopic (exact) mass is 295 g/mol. The topological polar surface area (TPSA) is 82.4 Å². The molecule has 0 aromatic rings. The molecule has 2 amide bonds. The summed E-state index contributed by atoms with van der Waals surface area (Å²) in [6, 6.07) is 1.07. The highest BCUT2D eigenvalue weighted by Gasteiger charge is 2.38. The first-order chi connectivity index (χ1) is 9.69. The maximum atomic E-state index is 12.5. The molecule has 0 spiro atoms. The number of carbonyl (C=O) groups excluding carboxylic acids is 2. The molecule has 0 aromatic heterocycles. The van der Waals surface area contributed by atoms with Gasteiger partial charge in [0, 0.05) is 6.54 Å². The Balaban J connectivity index is 2.75. The van der Waals surface area contributed by atoms with Gasteiger partial charge in [-0.15, -0.1) is 0 Å². The van der Waals surface area contributed by atoms with E-state index in [1.807, 2.05) is 13.8 Å². The fraction of sp³-hybridized carbons (Fsp3) is 0.800. The summed E-state index contributed by atoms with van der Waals surface area (Å²) in [5.74, 6) is -0.224. The molecule has 1 N–H and O–H groups in total. The molecule has 1 aliphatic heterocycles. The molecule has 6 heteroatoms. The fourth-order valence-corrected chi connectivity index (χ4v) is 2.08. The number of ether oxygens (including phenoxy) is 1. The lowest BCUT2D eigenvalue weighted by atomic mass is 9.94. The number of nitrogens with zero attached hydrogens (tertiary/aromatic N) is 2. The van der Waals surface area contributed by atoms with Gasteiger partial charge in [-0.1, -0.05) is 20.3 Å². The second kappa shape index (κ2) is 6.79. The standard InChI is InChI=1S/C15H25N3O3/c1-6-10(2)12(17-14(20)21-15(3,4)5)13(19)18-8-7-11(18)9-16/h10-12H,6-8H2,1-5H3,(H,17,20)/t10-,11-,12-/m0/s1. The van der Waals surface area contributed by atoms with E-state index < -0.39 is 17.7 Å². The van der Waals surface area contributed by atoms with Crippen LogP contribution in [0.25, 0.3) is 0 Å². The lowest BCUT2D eigenvalue weighted by molar-refractivity contribution is -0.140. The Labute approximate surface area is 126 Å². The molecule has 0 aliphatic carbocycles. The van der Waals surface area contributed by atoms with Crippen molar-refractivity contribution in [3.8, 4) is 6.07 Å². The van der Waals surface area contributed by atoms with Crippen molar-refractivity contribution in [2.75, 3.05) is 6.54 Å². The second-order valence-corrected chi connectivity index (χ2v) is 6.47. The van der Waals surface area contributed by atoms with Crippen LogP contribution in [0.1, 0.15) is 47.5 Å². The van der Waals surface area contributed by atoms with E-state index in [0.717, 1.165) is 6.42 Å². The zero-order valence-corrected chi connectivity index (χ0v) is 13.5. The minimum atomic E-state index is -0.652. The van der Waals surface area contributed by atoms with Crippen molar-refractivity contribution < 1.29 is 14.3 Å². The van der Waals surface area contributed by atoms with Crippen molar-refractivity contribution in [3.05, 3.63) is 0 Å². The number of nitriles is 1. The summed E-state index contributed by atoms with van der Waals surface area (Å²) in [5, 5.41) is 11.6. The van der Waals surface area contributed by atoms with E-state index in [9.17, 15) is 9.59 Å². The summed E-state index contributed by atoms with van der Waals surface area (Å²) in [6.07, 6.45) is 0.842. The molecule has 0 aromatic carbocycles. The SMILES string of the molecule is CC[C@H](C)[C@H](NC(=O)OC(C)(C)C)C(=O)N1CC[C@H]1C#N. The smallest absolute Gasteiger partial charge is 0.408 e. The summed E-state index contributed by atoms with van der Waals surface area (Å²) in [6.45, 7) is 9.75. The van der Waals surface area contributed by atoms with Crippen LogP contribution >= 0.6 is 0 Å². The first kappa shape index (κ1) is 17.3. The van der Waals surface area contributed by atoms with Crippen LogP contribution in [0.15, 0.2) is 0 Å². The average molecular weight is 295 g/mol. The second-order valence-electron chi connectivity index (χ2n) is 6.47. The van der Waals surface area contributed by atoms with Crippen LogP contribution in [0.3, 0.4) is 0 Å². The van der Waals surface area contributed by atoms with Gasteiger partial charge in [0.25, 0.3) is 0 Å². The molecule has 0 saturated carbocycles. The van der Waals surface area contributed by atoms with Gasteiger partial charge in [-0.3, -0.25) is 4.79 Å². The molecule has 0 radical (unpaired) electrons. The highest BCUT2D eigenvalue weighted by molar-refractivity contribution is 5.87. The first-order valence-electron chi connectivity index (χ1n) is 7.39. The van der Waals surface area contributed by atoms with E-state index in [1.165, 1.54) is 4.90 Å². The van der Waals surface area contributed by atoms with Crippen LogP contribution in [-0.4, -0.2) is 41.1 Å². The predicted octanol–water partition coefficient (Wildman–Crippen LogP) is 2.05. The van der Waals surface area contributed by atoms with Gasteiger partial charge in [0.05, 0.1) is 6.07 Å². The summed E-state index contributed by atoms with van der Waals surface area (Å²) in [5.41, 5.74) is -0.612. The quantitative estimate of drug-likeness (QED) is 0.860. The summed E-state index contributed by atoms with van der Waals surface area (Å²) in [7, 11) is 0. The van der Waals surface area contributed by atoms with Gasteiger partial charge < -0.3 is 15.0 Å².